The van der Waals surface area contributed by atoms with Gasteiger partial charge in [0, 0.05) is 49.0 Å². The van der Waals surface area contributed by atoms with Gasteiger partial charge < -0.3 is 19.4 Å². The zero-order valence-electron chi connectivity index (χ0n) is 21.0. The highest BCUT2D eigenvalue weighted by Crippen LogP contribution is 2.36. The number of aromatic nitrogens is 1. The molecular weight excluding hydrogens is 428 g/mol. The van der Waals surface area contributed by atoms with Crippen molar-refractivity contribution in [3.63, 3.8) is 0 Å². The maximum atomic E-state index is 13.0. The van der Waals surface area contributed by atoms with Gasteiger partial charge in [0.2, 0.25) is 5.91 Å². The topological polar surface area (TPSA) is 66.0 Å². The summed E-state index contributed by atoms with van der Waals surface area (Å²) in [5.41, 5.74) is 3.78. The van der Waals surface area contributed by atoms with Gasteiger partial charge >= 0.3 is 5.97 Å². The fourth-order valence-electron chi connectivity index (χ4n) is 4.82. The van der Waals surface area contributed by atoms with Gasteiger partial charge in [-0.25, -0.2) is 9.78 Å². The Bertz CT molecular complexity index is 1040. The van der Waals surface area contributed by atoms with Crippen LogP contribution in [0.1, 0.15) is 48.5 Å². The number of anilines is 2. The van der Waals surface area contributed by atoms with Crippen LogP contribution in [-0.2, 0) is 9.53 Å². The number of carbonyl (C=O) groups excluding carboxylic acids is 2. The maximum Gasteiger partial charge on any atom is 0.338 e. The molecule has 1 saturated carbocycles. The summed E-state index contributed by atoms with van der Waals surface area (Å²) in [5, 5.41) is 0. The lowest BCUT2D eigenvalue weighted by Gasteiger charge is -2.35. The monoisotopic (exact) mass is 464 g/mol. The number of methoxy groups -OCH3 is 1. The predicted octanol–water partition coefficient (Wildman–Crippen LogP) is 4.14. The molecule has 2 aromatic rings. The zero-order chi connectivity index (χ0) is 24.4. The molecule has 1 amide bonds. The highest BCUT2D eigenvalue weighted by Gasteiger charge is 2.34. The Kier molecular flexibility index (Phi) is 7.22. The van der Waals surface area contributed by atoms with E-state index in [9.17, 15) is 9.59 Å². The first-order chi connectivity index (χ1) is 16.3. The van der Waals surface area contributed by atoms with E-state index in [0.717, 1.165) is 67.0 Å². The van der Waals surface area contributed by atoms with Gasteiger partial charge in [0.1, 0.15) is 5.82 Å². The van der Waals surface area contributed by atoms with E-state index in [0.29, 0.717) is 18.2 Å². The summed E-state index contributed by atoms with van der Waals surface area (Å²) in [6.45, 7) is 6.39. The smallest absolute Gasteiger partial charge is 0.338 e. The lowest BCUT2D eigenvalue weighted by molar-refractivity contribution is -0.119. The van der Waals surface area contributed by atoms with Crippen molar-refractivity contribution in [2.45, 2.75) is 45.6 Å². The van der Waals surface area contributed by atoms with Gasteiger partial charge in [-0.2, -0.15) is 0 Å². The molecule has 1 aliphatic carbocycles. The van der Waals surface area contributed by atoms with Crippen molar-refractivity contribution >= 4 is 23.4 Å². The first kappa shape index (κ1) is 24.2. The van der Waals surface area contributed by atoms with Crippen molar-refractivity contribution in [2.24, 2.45) is 5.92 Å². The van der Waals surface area contributed by atoms with E-state index in [1.54, 1.807) is 4.90 Å². The molecule has 34 heavy (non-hydrogen) atoms. The number of rotatable bonds is 7. The quantitative estimate of drug-likeness (QED) is 0.574. The molecule has 0 atom stereocenters. The summed E-state index contributed by atoms with van der Waals surface area (Å²) in [5.74, 6) is 0.805. The molecule has 4 rings (SSSR count). The molecule has 7 nitrogen and oxygen atoms in total. The number of carbonyl (C=O) groups is 2. The highest BCUT2D eigenvalue weighted by atomic mass is 16.5. The number of amides is 1. The van der Waals surface area contributed by atoms with Crippen LogP contribution in [0.25, 0.3) is 11.1 Å². The summed E-state index contributed by atoms with van der Waals surface area (Å²) in [7, 11) is 5.67. The minimum atomic E-state index is -0.399. The van der Waals surface area contributed by atoms with Crippen LogP contribution in [0.15, 0.2) is 30.5 Å². The Morgan fingerprint density at radius 1 is 1.09 bits per heavy atom. The fraction of sp³-hybridized carbons (Fsp3) is 0.519. The SMILES string of the molecule is CCN(C(=O)C1CC1)c1cc(-c2ccc(N3CCC(N(C)C)CC3)nc2)cc(C(=O)OC)c1C. The Labute approximate surface area is 202 Å². The molecule has 0 spiro atoms. The molecule has 0 N–H and O–H groups in total. The maximum absolute atomic E-state index is 13.0. The fourth-order valence-corrected chi connectivity index (χ4v) is 4.82. The minimum absolute atomic E-state index is 0.0992. The summed E-state index contributed by atoms with van der Waals surface area (Å²) in [6, 6.07) is 8.58. The third-order valence-electron chi connectivity index (χ3n) is 7.19. The van der Waals surface area contributed by atoms with Gasteiger partial charge in [-0.1, -0.05) is 0 Å². The lowest BCUT2D eigenvalue weighted by Crippen LogP contribution is -2.42. The van der Waals surface area contributed by atoms with Gasteiger partial charge in [-0.05, 0) is 89.0 Å². The Morgan fingerprint density at radius 2 is 1.79 bits per heavy atom. The van der Waals surface area contributed by atoms with E-state index in [1.807, 2.05) is 32.2 Å². The number of benzene rings is 1. The van der Waals surface area contributed by atoms with Crippen LogP contribution in [0, 0.1) is 12.8 Å². The third kappa shape index (κ3) is 4.94. The van der Waals surface area contributed by atoms with Crippen LogP contribution in [0.3, 0.4) is 0 Å². The Hall–Kier alpha value is -2.93. The van der Waals surface area contributed by atoms with E-state index < -0.39 is 5.97 Å². The molecule has 1 aromatic heterocycles. The molecule has 7 heteroatoms. The van der Waals surface area contributed by atoms with Crippen LogP contribution in [0.4, 0.5) is 11.5 Å². The number of hydrogen-bond donors (Lipinski definition) is 0. The first-order valence-electron chi connectivity index (χ1n) is 12.3. The molecule has 0 bridgehead atoms. The highest BCUT2D eigenvalue weighted by molar-refractivity contribution is 6.01. The van der Waals surface area contributed by atoms with Crippen LogP contribution in [-0.4, -0.2) is 68.6 Å². The van der Waals surface area contributed by atoms with E-state index in [1.165, 1.54) is 7.11 Å². The molecule has 1 aliphatic heterocycles. The molecule has 182 valence electrons. The Morgan fingerprint density at radius 3 is 2.32 bits per heavy atom. The predicted molar refractivity (Wildman–Crippen MR) is 135 cm³/mol. The largest absolute Gasteiger partial charge is 0.465 e. The van der Waals surface area contributed by atoms with Crippen LogP contribution in [0.5, 0.6) is 0 Å². The van der Waals surface area contributed by atoms with Crippen LogP contribution < -0.4 is 9.80 Å². The van der Waals surface area contributed by atoms with E-state index in [2.05, 4.69) is 36.0 Å². The van der Waals surface area contributed by atoms with Crippen molar-refractivity contribution in [3.05, 3.63) is 41.6 Å². The third-order valence-corrected chi connectivity index (χ3v) is 7.19. The molecule has 1 aromatic carbocycles. The van der Waals surface area contributed by atoms with Gasteiger partial charge in [0.25, 0.3) is 0 Å². The first-order valence-corrected chi connectivity index (χ1v) is 12.3. The van der Waals surface area contributed by atoms with E-state index in [-0.39, 0.29) is 11.8 Å². The second-order valence-electron chi connectivity index (χ2n) is 9.60. The second-order valence-corrected chi connectivity index (χ2v) is 9.60. The van der Waals surface area contributed by atoms with Crippen molar-refractivity contribution in [1.29, 1.82) is 0 Å². The average Bonchev–Trinajstić information content (AvgIpc) is 3.71. The standard InChI is InChI=1S/C27H36N4O3/c1-6-31(26(32)19-7-8-19)24-16-21(15-23(18(24)2)27(33)34-5)20-9-10-25(28-17-20)30-13-11-22(12-14-30)29(3)4/h9-10,15-17,19,22H,6-8,11-14H2,1-5H3. The molecule has 2 fully saturated rings. The summed E-state index contributed by atoms with van der Waals surface area (Å²) in [6.07, 6.45) is 6.00. The number of pyridine rings is 1. The number of esters is 1. The minimum Gasteiger partial charge on any atom is -0.465 e. The zero-order valence-corrected chi connectivity index (χ0v) is 21.0. The summed E-state index contributed by atoms with van der Waals surface area (Å²) < 4.78 is 5.05. The average molecular weight is 465 g/mol. The second kappa shape index (κ2) is 10.1. The van der Waals surface area contributed by atoms with Gasteiger partial charge in [-0.3, -0.25) is 4.79 Å². The molecule has 1 saturated heterocycles. The number of hydrogen-bond acceptors (Lipinski definition) is 6. The number of nitrogens with zero attached hydrogens (tertiary/aromatic N) is 4. The molecule has 0 radical (unpaired) electrons. The lowest BCUT2D eigenvalue weighted by atomic mass is 9.97. The van der Waals surface area contributed by atoms with Crippen molar-refractivity contribution in [3.8, 4) is 11.1 Å². The van der Waals surface area contributed by atoms with Crippen molar-refractivity contribution < 1.29 is 14.3 Å². The van der Waals surface area contributed by atoms with Crippen molar-refractivity contribution in [2.75, 3.05) is 50.6 Å². The number of piperidine rings is 1. The normalized spacial score (nSPS) is 16.6. The molecular formula is C27H36N4O3. The number of ether oxygens (including phenoxy) is 1. The van der Waals surface area contributed by atoms with Crippen LogP contribution in [0.2, 0.25) is 0 Å². The van der Waals surface area contributed by atoms with Crippen LogP contribution >= 0.6 is 0 Å². The van der Waals surface area contributed by atoms with Crippen molar-refractivity contribution in [1.82, 2.24) is 9.88 Å². The summed E-state index contributed by atoms with van der Waals surface area (Å²) in [4.78, 5) is 36.7. The van der Waals surface area contributed by atoms with Gasteiger partial charge in [0.15, 0.2) is 0 Å². The van der Waals surface area contributed by atoms with E-state index in [4.69, 9.17) is 9.72 Å². The molecule has 0 unspecified atom stereocenters. The van der Waals surface area contributed by atoms with Gasteiger partial charge in [-0.15, -0.1) is 0 Å². The molecule has 2 heterocycles. The van der Waals surface area contributed by atoms with E-state index >= 15 is 0 Å². The van der Waals surface area contributed by atoms with Gasteiger partial charge in [0.05, 0.1) is 12.7 Å². The Balaban J connectivity index is 1.64. The summed E-state index contributed by atoms with van der Waals surface area (Å²) >= 11 is 0. The molecule has 2 aliphatic rings.